The molecule has 34 heavy (non-hydrogen) atoms. The summed E-state index contributed by atoms with van der Waals surface area (Å²) in [4.78, 5) is 0. The van der Waals surface area contributed by atoms with Crippen molar-refractivity contribution >= 4 is 37.1 Å². The monoisotopic (exact) mass is 480 g/mol. The molecule has 1 fully saturated rings. The van der Waals surface area contributed by atoms with Crippen LogP contribution in [0.25, 0.3) is 0 Å². The number of rotatable bonds is 8. The van der Waals surface area contributed by atoms with Gasteiger partial charge in [0.2, 0.25) is 0 Å². The van der Waals surface area contributed by atoms with Gasteiger partial charge >= 0.3 is 0 Å². The Labute approximate surface area is 208 Å². The van der Waals surface area contributed by atoms with Crippen molar-refractivity contribution < 1.29 is 0 Å². The Hall–Kier alpha value is -2.26. The van der Waals surface area contributed by atoms with Crippen LogP contribution in [-0.2, 0) is 0 Å². The summed E-state index contributed by atoms with van der Waals surface area (Å²) in [5.41, 5.74) is 0. The zero-order valence-corrected chi connectivity index (χ0v) is 21.6. The highest BCUT2D eigenvalue weighted by Gasteiger charge is 2.27. The normalized spacial score (nSPS) is 18.3. The Morgan fingerprint density at radius 1 is 0.382 bits per heavy atom. The molecule has 0 nitrogen and oxygen atoms in total. The van der Waals surface area contributed by atoms with Crippen LogP contribution >= 0.6 is 15.8 Å². The van der Waals surface area contributed by atoms with Crippen LogP contribution in [-0.4, -0.2) is 12.3 Å². The Bertz CT molecular complexity index is 933. The van der Waals surface area contributed by atoms with Gasteiger partial charge in [-0.3, -0.25) is 0 Å². The van der Waals surface area contributed by atoms with Gasteiger partial charge in [0.1, 0.15) is 0 Å². The fourth-order valence-corrected chi connectivity index (χ4v) is 10.6. The fraction of sp³-hybridized carbons (Fsp3) is 0.250. The lowest BCUT2D eigenvalue weighted by molar-refractivity contribution is 0.314. The second-order valence-corrected chi connectivity index (χ2v) is 14.0. The number of hydrogen-bond donors (Lipinski definition) is 0. The topological polar surface area (TPSA) is 0 Å². The molecule has 0 aromatic heterocycles. The van der Waals surface area contributed by atoms with Crippen LogP contribution in [0.1, 0.15) is 25.7 Å². The molecule has 0 heterocycles. The average molecular weight is 481 g/mol. The summed E-state index contributed by atoms with van der Waals surface area (Å²) in [5, 5.41) is 6.12. The summed E-state index contributed by atoms with van der Waals surface area (Å²) in [6.45, 7) is 0. The van der Waals surface area contributed by atoms with Crippen LogP contribution in [0.15, 0.2) is 121 Å². The van der Waals surface area contributed by atoms with Crippen molar-refractivity contribution in [2.75, 3.05) is 12.3 Å². The molecule has 1 aliphatic rings. The van der Waals surface area contributed by atoms with Gasteiger partial charge in [0.05, 0.1) is 0 Å². The number of hydrogen-bond acceptors (Lipinski definition) is 0. The largest absolute Gasteiger partial charge is 0.0622 e. The molecule has 1 saturated carbocycles. The molecule has 2 heteroatoms. The summed E-state index contributed by atoms with van der Waals surface area (Å²) in [6, 6.07) is 45.0. The van der Waals surface area contributed by atoms with E-state index in [1.54, 1.807) is 0 Å². The van der Waals surface area contributed by atoms with E-state index >= 15 is 0 Å². The van der Waals surface area contributed by atoms with E-state index < -0.39 is 0 Å². The first-order valence-electron chi connectivity index (χ1n) is 12.6. The van der Waals surface area contributed by atoms with E-state index in [0.717, 1.165) is 11.8 Å². The lowest BCUT2D eigenvalue weighted by atomic mass is 9.84. The van der Waals surface area contributed by atoms with Crippen molar-refractivity contribution in [1.82, 2.24) is 0 Å². The summed E-state index contributed by atoms with van der Waals surface area (Å²) in [6.07, 6.45) is 8.21. The fourth-order valence-electron chi connectivity index (χ4n) is 5.26. The molecule has 0 saturated heterocycles. The van der Waals surface area contributed by atoms with Crippen molar-refractivity contribution in [2.24, 2.45) is 11.8 Å². The van der Waals surface area contributed by atoms with Crippen LogP contribution in [0.4, 0.5) is 0 Å². The maximum absolute atomic E-state index is 2.34. The van der Waals surface area contributed by atoms with Crippen molar-refractivity contribution in [3.8, 4) is 0 Å². The van der Waals surface area contributed by atoms with Gasteiger partial charge < -0.3 is 0 Å². The van der Waals surface area contributed by atoms with Crippen LogP contribution < -0.4 is 21.2 Å². The molecule has 0 aliphatic heterocycles. The third-order valence-corrected chi connectivity index (χ3v) is 12.6. The predicted octanol–water partition coefficient (Wildman–Crippen LogP) is 7.06. The van der Waals surface area contributed by atoms with Crippen LogP contribution in [0.5, 0.6) is 0 Å². The Balaban J connectivity index is 1.25. The standard InChI is InChI=1S/C32H34P2/c1-5-13-29(14-6-1)33(30-15-7-2-8-16-30)25-27-21-23-28(24-22-27)26-34(31-17-9-3-10-18-31)32-19-11-4-12-20-32/h1-20,27-28H,21-26H2/t27-,28+. The zero-order chi connectivity index (χ0) is 23.0. The summed E-state index contributed by atoms with van der Waals surface area (Å²) < 4.78 is 0. The van der Waals surface area contributed by atoms with Gasteiger partial charge in [-0.1, -0.05) is 121 Å². The maximum Gasteiger partial charge on any atom is -0.0195 e. The molecular formula is C32H34P2. The van der Waals surface area contributed by atoms with E-state index in [1.807, 2.05) is 0 Å². The molecule has 0 atom stereocenters. The smallest absolute Gasteiger partial charge is 0.0195 e. The van der Waals surface area contributed by atoms with Crippen LogP contribution in [0.3, 0.4) is 0 Å². The minimum atomic E-state index is -0.273. The van der Waals surface area contributed by atoms with E-state index in [9.17, 15) is 0 Å². The Morgan fingerprint density at radius 2 is 0.618 bits per heavy atom. The van der Waals surface area contributed by atoms with Crippen LogP contribution in [0.2, 0.25) is 0 Å². The maximum atomic E-state index is 2.34. The first-order valence-corrected chi connectivity index (χ1v) is 15.7. The van der Waals surface area contributed by atoms with Gasteiger partial charge in [0, 0.05) is 0 Å². The highest BCUT2D eigenvalue weighted by atomic mass is 31.1. The molecule has 5 rings (SSSR count). The molecule has 0 N–H and O–H groups in total. The molecule has 0 amide bonds. The molecule has 0 spiro atoms. The molecular weight excluding hydrogens is 446 g/mol. The lowest BCUT2D eigenvalue weighted by Crippen LogP contribution is -2.25. The molecule has 172 valence electrons. The molecule has 4 aromatic rings. The second-order valence-electron chi connectivity index (χ2n) is 9.45. The molecule has 0 radical (unpaired) electrons. The lowest BCUT2D eigenvalue weighted by Gasteiger charge is -2.33. The van der Waals surface area contributed by atoms with Gasteiger partial charge in [0.15, 0.2) is 0 Å². The van der Waals surface area contributed by atoms with E-state index in [1.165, 1.54) is 59.2 Å². The van der Waals surface area contributed by atoms with E-state index in [-0.39, 0.29) is 15.8 Å². The first kappa shape index (κ1) is 23.5. The van der Waals surface area contributed by atoms with Crippen molar-refractivity contribution in [3.63, 3.8) is 0 Å². The van der Waals surface area contributed by atoms with Crippen molar-refractivity contribution in [3.05, 3.63) is 121 Å². The number of benzene rings is 4. The van der Waals surface area contributed by atoms with Gasteiger partial charge in [0.25, 0.3) is 0 Å². The first-order chi connectivity index (χ1) is 16.9. The highest BCUT2D eigenvalue weighted by Crippen LogP contribution is 2.44. The average Bonchev–Trinajstić information content (AvgIpc) is 2.93. The molecule has 0 unspecified atom stereocenters. The summed E-state index contributed by atoms with van der Waals surface area (Å²) >= 11 is 0. The van der Waals surface area contributed by atoms with Gasteiger partial charge in [-0.25, -0.2) is 0 Å². The predicted molar refractivity (Wildman–Crippen MR) is 153 cm³/mol. The quantitative estimate of drug-likeness (QED) is 0.237. The Kier molecular flexibility index (Phi) is 8.24. The van der Waals surface area contributed by atoms with Gasteiger partial charge in [-0.2, -0.15) is 0 Å². The second kappa shape index (κ2) is 11.9. The van der Waals surface area contributed by atoms with E-state index in [4.69, 9.17) is 0 Å². The highest BCUT2D eigenvalue weighted by molar-refractivity contribution is 7.73. The van der Waals surface area contributed by atoms with E-state index in [2.05, 4.69) is 121 Å². The summed E-state index contributed by atoms with van der Waals surface area (Å²) in [5.74, 6) is 1.70. The SMILES string of the molecule is c1ccc(P(C[C@H]2CC[C@@H](CP(c3ccccc3)c3ccccc3)CC2)c2ccccc2)cc1. The van der Waals surface area contributed by atoms with Gasteiger partial charge in [-0.15, -0.1) is 0 Å². The van der Waals surface area contributed by atoms with Gasteiger partial charge in [-0.05, 0) is 86.9 Å². The molecule has 1 aliphatic carbocycles. The van der Waals surface area contributed by atoms with E-state index in [0.29, 0.717) is 0 Å². The van der Waals surface area contributed by atoms with Crippen molar-refractivity contribution in [2.45, 2.75) is 25.7 Å². The third-order valence-electron chi connectivity index (χ3n) is 7.12. The molecule has 0 bridgehead atoms. The summed E-state index contributed by atoms with van der Waals surface area (Å²) in [7, 11) is -0.546. The zero-order valence-electron chi connectivity index (χ0n) is 19.8. The minimum absolute atomic E-state index is 0.273. The third kappa shape index (κ3) is 6.05. The van der Waals surface area contributed by atoms with Crippen molar-refractivity contribution in [1.29, 1.82) is 0 Å². The Morgan fingerprint density at radius 3 is 0.853 bits per heavy atom. The minimum Gasteiger partial charge on any atom is -0.0622 e. The van der Waals surface area contributed by atoms with Crippen LogP contribution in [0, 0.1) is 11.8 Å². The molecule has 4 aromatic carbocycles.